The van der Waals surface area contributed by atoms with Crippen molar-refractivity contribution < 1.29 is 23.8 Å². The second-order valence-electron chi connectivity index (χ2n) is 8.97. The molecule has 8 heteroatoms. The predicted octanol–water partition coefficient (Wildman–Crippen LogP) is 3.88. The number of benzene rings is 1. The minimum absolute atomic E-state index is 0.0742. The Balaban J connectivity index is 1.28. The molecule has 33 heavy (non-hydrogen) atoms. The summed E-state index contributed by atoms with van der Waals surface area (Å²) in [6.07, 6.45) is 5.28. The molecule has 0 saturated heterocycles. The van der Waals surface area contributed by atoms with Crippen LogP contribution in [0.1, 0.15) is 55.0 Å². The number of fused-ring (bicyclic) bond motifs is 1. The second-order valence-corrected chi connectivity index (χ2v) is 8.97. The molecule has 1 aliphatic carbocycles. The van der Waals surface area contributed by atoms with E-state index in [0.29, 0.717) is 11.5 Å². The maximum Gasteiger partial charge on any atom is 0.305 e. The molecule has 7 nitrogen and oxygen atoms in total. The van der Waals surface area contributed by atoms with Crippen LogP contribution in [0.2, 0.25) is 0 Å². The first kappa shape index (κ1) is 23.0. The standard InChI is InChI=1S/C25H30FN3O4/c1-33-22-9-6-17(13-20(22)26)21(14-23(30)31)29-25(32)18-11-15(12-18)4-7-19-8-5-16-3-2-10-27-24(16)28-19/h5-6,8-9,13,15,18,21H,2-4,7,10-12,14H2,1H3,(H,27,28)(H,29,32)(H,30,31). The molecular formula is C25H30FN3O4. The number of carboxylic acid groups (broad SMARTS) is 1. The molecule has 2 heterocycles. The van der Waals surface area contributed by atoms with E-state index in [9.17, 15) is 19.1 Å². The van der Waals surface area contributed by atoms with Gasteiger partial charge < -0.3 is 20.5 Å². The SMILES string of the molecule is COc1ccc(C(CC(=O)O)NC(=O)C2CC(CCc3ccc4c(n3)NCCC4)C2)cc1F. The highest BCUT2D eigenvalue weighted by Gasteiger charge is 2.35. The summed E-state index contributed by atoms with van der Waals surface area (Å²) in [5.41, 5.74) is 2.75. The third-order valence-electron chi connectivity index (χ3n) is 6.64. The monoisotopic (exact) mass is 455 g/mol. The van der Waals surface area contributed by atoms with E-state index in [1.807, 2.05) is 0 Å². The van der Waals surface area contributed by atoms with Crippen LogP contribution in [0.5, 0.6) is 5.75 Å². The van der Waals surface area contributed by atoms with E-state index in [0.717, 1.165) is 56.6 Å². The van der Waals surface area contributed by atoms with Crippen LogP contribution in [0, 0.1) is 17.7 Å². The van der Waals surface area contributed by atoms with Crippen LogP contribution < -0.4 is 15.4 Å². The number of aromatic nitrogens is 1. The topological polar surface area (TPSA) is 101 Å². The summed E-state index contributed by atoms with van der Waals surface area (Å²) < 4.78 is 19.0. The number of anilines is 1. The number of carbonyl (C=O) groups is 2. The summed E-state index contributed by atoms with van der Waals surface area (Å²) in [5, 5.41) is 15.4. The van der Waals surface area contributed by atoms with Crippen LogP contribution in [0.25, 0.3) is 0 Å². The number of pyridine rings is 1. The number of hydrogen-bond donors (Lipinski definition) is 3. The fourth-order valence-corrected chi connectivity index (χ4v) is 4.66. The smallest absolute Gasteiger partial charge is 0.305 e. The summed E-state index contributed by atoms with van der Waals surface area (Å²) in [4.78, 5) is 28.8. The molecule has 2 aliphatic rings. The van der Waals surface area contributed by atoms with Crippen molar-refractivity contribution >= 4 is 17.7 Å². The van der Waals surface area contributed by atoms with Crippen molar-refractivity contribution in [3.63, 3.8) is 0 Å². The Kier molecular flexibility index (Phi) is 7.11. The van der Waals surface area contributed by atoms with Gasteiger partial charge in [0.15, 0.2) is 11.6 Å². The zero-order chi connectivity index (χ0) is 23.4. The van der Waals surface area contributed by atoms with E-state index in [1.54, 1.807) is 6.07 Å². The van der Waals surface area contributed by atoms with Gasteiger partial charge in [-0.3, -0.25) is 9.59 Å². The molecule has 1 aromatic heterocycles. The van der Waals surface area contributed by atoms with Crippen molar-refractivity contribution in [2.45, 2.75) is 51.0 Å². The molecule has 1 atom stereocenters. The number of ether oxygens (including phenoxy) is 1. The number of amides is 1. The zero-order valence-electron chi connectivity index (χ0n) is 18.8. The van der Waals surface area contributed by atoms with Crippen molar-refractivity contribution in [3.05, 3.63) is 53.0 Å². The molecule has 1 fully saturated rings. The van der Waals surface area contributed by atoms with E-state index in [2.05, 4.69) is 22.8 Å². The fourth-order valence-electron chi connectivity index (χ4n) is 4.66. The van der Waals surface area contributed by atoms with Crippen LogP contribution in [-0.4, -0.2) is 35.6 Å². The number of halogens is 1. The highest BCUT2D eigenvalue weighted by atomic mass is 19.1. The van der Waals surface area contributed by atoms with E-state index < -0.39 is 17.8 Å². The lowest BCUT2D eigenvalue weighted by molar-refractivity contribution is -0.138. The summed E-state index contributed by atoms with van der Waals surface area (Å²) in [6.45, 7) is 0.967. The molecule has 2 aromatic rings. The summed E-state index contributed by atoms with van der Waals surface area (Å²) in [7, 11) is 1.36. The molecule has 1 amide bonds. The van der Waals surface area contributed by atoms with Gasteiger partial charge in [-0.2, -0.15) is 0 Å². The van der Waals surface area contributed by atoms with Crippen LogP contribution >= 0.6 is 0 Å². The third-order valence-corrected chi connectivity index (χ3v) is 6.64. The normalized spacial score (nSPS) is 20.1. The number of carboxylic acids is 1. The number of aliphatic carboxylic acids is 1. The van der Waals surface area contributed by atoms with Gasteiger partial charge in [-0.1, -0.05) is 12.1 Å². The van der Waals surface area contributed by atoms with E-state index >= 15 is 0 Å². The fraction of sp³-hybridized carbons (Fsp3) is 0.480. The second kappa shape index (κ2) is 10.2. The van der Waals surface area contributed by atoms with Gasteiger partial charge in [-0.25, -0.2) is 9.37 Å². The average molecular weight is 456 g/mol. The molecule has 0 bridgehead atoms. The zero-order valence-corrected chi connectivity index (χ0v) is 18.8. The quantitative estimate of drug-likeness (QED) is 0.531. The third kappa shape index (κ3) is 5.61. The van der Waals surface area contributed by atoms with Crippen LogP contribution in [-0.2, 0) is 22.4 Å². The van der Waals surface area contributed by atoms with Gasteiger partial charge >= 0.3 is 5.97 Å². The Bertz CT molecular complexity index is 1020. The van der Waals surface area contributed by atoms with Gasteiger partial charge in [0, 0.05) is 18.2 Å². The molecular weight excluding hydrogens is 425 g/mol. The molecule has 0 radical (unpaired) electrons. The maximum absolute atomic E-state index is 14.1. The maximum atomic E-state index is 14.1. The largest absolute Gasteiger partial charge is 0.494 e. The lowest BCUT2D eigenvalue weighted by atomic mass is 9.72. The van der Waals surface area contributed by atoms with Gasteiger partial charge in [0.2, 0.25) is 5.91 Å². The number of rotatable bonds is 9. The Morgan fingerprint density at radius 2 is 2.12 bits per heavy atom. The van der Waals surface area contributed by atoms with E-state index in [1.165, 1.54) is 24.8 Å². The number of hydrogen-bond acceptors (Lipinski definition) is 5. The van der Waals surface area contributed by atoms with Crippen LogP contribution in [0.3, 0.4) is 0 Å². The first-order chi connectivity index (χ1) is 15.9. The van der Waals surface area contributed by atoms with Crippen molar-refractivity contribution in [3.8, 4) is 5.75 Å². The van der Waals surface area contributed by atoms with Gasteiger partial charge in [0.1, 0.15) is 5.82 Å². The van der Waals surface area contributed by atoms with Crippen LogP contribution in [0.15, 0.2) is 30.3 Å². The first-order valence-electron chi connectivity index (χ1n) is 11.5. The number of nitrogens with one attached hydrogen (secondary N) is 2. The molecule has 0 spiro atoms. The Morgan fingerprint density at radius 3 is 2.85 bits per heavy atom. The average Bonchev–Trinajstić information content (AvgIpc) is 2.77. The van der Waals surface area contributed by atoms with Crippen molar-refractivity contribution in [2.24, 2.45) is 11.8 Å². The molecule has 176 valence electrons. The number of aryl methyl sites for hydroxylation is 2. The molecule has 1 unspecified atom stereocenters. The molecule has 3 N–H and O–H groups in total. The minimum Gasteiger partial charge on any atom is -0.494 e. The van der Waals surface area contributed by atoms with Crippen molar-refractivity contribution in [1.29, 1.82) is 0 Å². The first-order valence-corrected chi connectivity index (χ1v) is 11.5. The van der Waals surface area contributed by atoms with Gasteiger partial charge in [0.25, 0.3) is 0 Å². The summed E-state index contributed by atoms with van der Waals surface area (Å²) in [5.74, 6) is -0.445. The highest BCUT2D eigenvalue weighted by molar-refractivity contribution is 5.81. The molecule has 4 rings (SSSR count). The van der Waals surface area contributed by atoms with E-state index in [4.69, 9.17) is 9.72 Å². The van der Waals surface area contributed by atoms with Gasteiger partial charge in [-0.05, 0) is 73.8 Å². The van der Waals surface area contributed by atoms with Crippen molar-refractivity contribution in [1.82, 2.24) is 10.3 Å². The minimum atomic E-state index is -1.06. The molecule has 1 saturated carbocycles. The van der Waals surface area contributed by atoms with Crippen molar-refractivity contribution in [2.75, 3.05) is 19.0 Å². The molecule has 1 aliphatic heterocycles. The Morgan fingerprint density at radius 1 is 1.30 bits per heavy atom. The lowest BCUT2D eigenvalue weighted by Crippen LogP contribution is -2.41. The molecule has 1 aromatic carbocycles. The number of nitrogens with zero attached hydrogens (tertiary/aromatic N) is 1. The number of carbonyl (C=O) groups excluding carboxylic acids is 1. The number of methoxy groups -OCH3 is 1. The van der Waals surface area contributed by atoms with E-state index in [-0.39, 0.29) is 24.0 Å². The summed E-state index contributed by atoms with van der Waals surface area (Å²) >= 11 is 0. The Labute approximate surface area is 192 Å². The highest BCUT2D eigenvalue weighted by Crippen LogP contribution is 2.38. The van der Waals surface area contributed by atoms with Gasteiger partial charge in [0.05, 0.1) is 19.6 Å². The van der Waals surface area contributed by atoms with Gasteiger partial charge in [-0.15, -0.1) is 0 Å². The van der Waals surface area contributed by atoms with Crippen LogP contribution in [0.4, 0.5) is 10.2 Å². The Hall–Kier alpha value is -3.16. The lowest BCUT2D eigenvalue weighted by Gasteiger charge is -2.35. The predicted molar refractivity (Wildman–Crippen MR) is 122 cm³/mol. The summed E-state index contributed by atoms with van der Waals surface area (Å²) in [6, 6.07) is 7.71.